The number of anilines is 1. The fourth-order valence-corrected chi connectivity index (χ4v) is 4.15. The maximum atomic E-state index is 9.26. The van der Waals surface area contributed by atoms with Gasteiger partial charge in [0.1, 0.15) is 17.0 Å². The molecule has 2 aromatic rings. The van der Waals surface area contributed by atoms with Crippen molar-refractivity contribution in [1.82, 2.24) is 9.97 Å². The van der Waals surface area contributed by atoms with Gasteiger partial charge < -0.3 is 10.0 Å². The summed E-state index contributed by atoms with van der Waals surface area (Å²) in [5.74, 6) is 1.55. The molecule has 1 aliphatic heterocycles. The minimum absolute atomic E-state index is 0.310. The van der Waals surface area contributed by atoms with Crippen LogP contribution in [-0.4, -0.2) is 34.8 Å². The van der Waals surface area contributed by atoms with E-state index >= 15 is 0 Å². The van der Waals surface area contributed by atoms with Crippen molar-refractivity contribution in [3.05, 3.63) is 16.8 Å². The van der Waals surface area contributed by atoms with Gasteiger partial charge >= 0.3 is 0 Å². The molecule has 0 aliphatic carbocycles. The van der Waals surface area contributed by atoms with Gasteiger partial charge in [-0.2, -0.15) is 0 Å². The number of hydrogen-bond donors (Lipinski definition) is 1. The van der Waals surface area contributed by atoms with E-state index in [1.54, 1.807) is 17.7 Å². The molecule has 0 saturated carbocycles. The Labute approximate surface area is 123 Å². The van der Waals surface area contributed by atoms with E-state index < -0.39 is 0 Å². The molecule has 2 aromatic heterocycles. The highest BCUT2D eigenvalue weighted by molar-refractivity contribution is 7.18. The Morgan fingerprint density at radius 3 is 2.75 bits per heavy atom. The molecule has 3 rings (SSSR count). The number of aromatic nitrogens is 2. The van der Waals surface area contributed by atoms with E-state index in [1.165, 1.54) is 15.8 Å². The first-order chi connectivity index (χ1) is 9.74. The van der Waals surface area contributed by atoms with Crippen LogP contribution in [0.2, 0.25) is 0 Å². The zero-order valence-electron chi connectivity index (χ0n) is 12.1. The summed E-state index contributed by atoms with van der Waals surface area (Å²) in [6.45, 7) is 6.64. The molecule has 108 valence electrons. The second kappa shape index (κ2) is 5.66. The Bertz CT molecular complexity index is 602. The first kappa shape index (κ1) is 13.8. The summed E-state index contributed by atoms with van der Waals surface area (Å²) >= 11 is 1.77. The summed E-state index contributed by atoms with van der Waals surface area (Å²) in [5.41, 5.74) is 1.39. The van der Waals surface area contributed by atoms with Crippen molar-refractivity contribution in [3.63, 3.8) is 0 Å². The number of nitrogens with zero attached hydrogens (tertiary/aromatic N) is 3. The van der Waals surface area contributed by atoms with Gasteiger partial charge in [-0.15, -0.1) is 11.3 Å². The van der Waals surface area contributed by atoms with Crippen molar-refractivity contribution >= 4 is 27.4 Å². The highest BCUT2D eigenvalue weighted by atomic mass is 32.1. The predicted molar refractivity (Wildman–Crippen MR) is 83.6 cm³/mol. The number of thiophene rings is 1. The highest BCUT2D eigenvalue weighted by Crippen LogP contribution is 2.36. The van der Waals surface area contributed by atoms with Crippen LogP contribution in [-0.2, 0) is 6.42 Å². The summed E-state index contributed by atoms with van der Waals surface area (Å²) in [6.07, 6.45) is 4.81. The molecule has 0 radical (unpaired) electrons. The van der Waals surface area contributed by atoms with Crippen LogP contribution in [0.5, 0.6) is 0 Å². The van der Waals surface area contributed by atoms with Gasteiger partial charge in [0.2, 0.25) is 0 Å². The monoisotopic (exact) mass is 291 g/mol. The van der Waals surface area contributed by atoms with Crippen LogP contribution in [0, 0.1) is 12.8 Å². The Kier molecular flexibility index (Phi) is 3.89. The lowest BCUT2D eigenvalue weighted by Gasteiger charge is -2.32. The van der Waals surface area contributed by atoms with Crippen LogP contribution < -0.4 is 4.90 Å². The van der Waals surface area contributed by atoms with Crippen molar-refractivity contribution in [2.24, 2.45) is 5.92 Å². The normalized spacial score (nSPS) is 17.1. The number of aryl methyl sites for hydroxylation is 2. The molecule has 5 heteroatoms. The molecule has 0 spiro atoms. The third kappa shape index (κ3) is 2.29. The Hall–Kier alpha value is -1.20. The molecule has 1 N–H and O–H groups in total. The third-order valence-electron chi connectivity index (χ3n) is 4.29. The molecule has 1 aliphatic rings. The number of aliphatic hydroxyl groups is 1. The minimum Gasteiger partial charge on any atom is -0.396 e. The number of rotatable bonds is 3. The zero-order chi connectivity index (χ0) is 14.1. The van der Waals surface area contributed by atoms with E-state index in [4.69, 9.17) is 0 Å². The highest BCUT2D eigenvalue weighted by Gasteiger charge is 2.23. The second-order valence-corrected chi connectivity index (χ2v) is 6.68. The first-order valence-corrected chi connectivity index (χ1v) is 8.15. The number of hydrogen-bond acceptors (Lipinski definition) is 5. The van der Waals surface area contributed by atoms with Gasteiger partial charge in [-0.05, 0) is 37.7 Å². The quantitative estimate of drug-likeness (QED) is 0.944. The summed E-state index contributed by atoms with van der Waals surface area (Å²) in [4.78, 5) is 13.8. The fourth-order valence-electron chi connectivity index (χ4n) is 3.08. The lowest BCUT2D eigenvalue weighted by atomic mass is 9.97. The molecule has 0 atom stereocenters. The molecule has 20 heavy (non-hydrogen) atoms. The summed E-state index contributed by atoms with van der Waals surface area (Å²) < 4.78 is 0. The zero-order valence-corrected chi connectivity index (χ0v) is 12.9. The van der Waals surface area contributed by atoms with Crippen molar-refractivity contribution in [3.8, 4) is 0 Å². The molecular formula is C15H21N3OS. The minimum atomic E-state index is 0.310. The Morgan fingerprint density at radius 1 is 1.35 bits per heavy atom. The number of aliphatic hydroxyl groups excluding tert-OH is 1. The van der Waals surface area contributed by atoms with Crippen LogP contribution in [0.25, 0.3) is 10.2 Å². The molecule has 1 saturated heterocycles. The van der Waals surface area contributed by atoms with E-state index in [1.807, 2.05) is 0 Å². The van der Waals surface area contributed by atoms with Crippen molar-refractivity contribution < 1.29 is 5.11 Å². The Balaban J connectivity index is 1.99. The molecular weight excluding hydrogens is 270 g/mol. The predicted octanol–water partition coefficient (Wildman–Crippen LogP) is 2.77. The summed E-state index contributed by atoms with van der Waals surface area (Å²) in [5, 5.41) is 10.5. The first-order valence-electron chi connectivity index (χ1n) is 7.33. The van der Waals surface area contributed by atoms with E-state index in [0.29, 0.717) is 12.5 Å². The summed E-state index contributed by atoms with van der Waals surface area (Å²) in [7, 11) is 0. The molecule has 3 heterocycles. The Morgan fingerprint density at radius 2 is 2.10 bits per heavy atom. The van der Waals surface area contributed by atoms with Crippen molar-refractivity contribution in [2.75, 3.05) is 24.6 Å². The van der Waals surface area contributed by atoms with Gasteiger partial charge in [-0.25, -0.2) is 9.97 Å². The largest absolute Gasteiger partial charge is 0.396 e. The van der Waals surface area contributed by atoms with E-state index in [0.717, 1.165) is 43.0 Å². The maximum Gasteiger partial charge on any atom is 0.141 e. The van der Waals surface area contributed by atoms with Gasteiger partial charge in [-0.3, -0.25) is 0 Å². The van der Waals surface area contributed by atoms with Crippen LogP contribution in [0.1, 0.15) is 30.2 Å². The van der Waals surface area contributed by atoms with Gasteiger partial charge in [0.05, 0.1) is 5.39 Å². The van der Waals surface area contributed by atoms with Gasteiger partial charge in [0.15, 0.2) is 0 Å². The molecule has 0 aromatic carbocycles. The molecule has 0 bridgehead atoms. The van der Waals surface area contributed by atoms with Crippen LogP contribution in [0.4, 0.5) is 5.82 Å². The van der Waals surface area contributed by atoms with E-state index in [-0.39, 0.29) is 0 Å². The molecule has 1 fully saturated rings. The van der Waals surface area contributed by atoms with Gasteiger partial charge in [0.25, 0.3) is 0 Å². The SMILES string of the molecule is CCc1c(C)sc2ncnc(N3CCC(CO)CC3)c12. The van der Waals surface area contributed by atoms with E-state index in [9.17, 15) is 5.11 Å². The third-order valence-corrected chi connectivity index (χ3v) is 5.35. The molecule has 0 unspecified atom stereocenters. The molecule has 4 nitrogen and oxygen atoms in total. The van der Waals surface area contributed by atoms with Gasteiger partial charge in [0, 0.05) is 24.6 Å². The maximum absolute atomic E-state index is 9.26. The standard InChI is InChI=1S/C15H21N3OS/c1-3-12-10(2)20-15-13(12)14(16-9-17-15)18-6-4-11(8-19)5-7-18/h9,11,19H,3-8H2,1-2H3. The molecule has 0 amide bonds. The average Bonchev–Trinajstić information content (AvgIpc) is 2.82. The number of piperidine rings is 1. The topological polar surface area (TPSA) is 49.2 Å². The number of fused-ring (bicyclic) bond motifs is 1. The van der Waals surface area contributed by atoms with Crippen molar-refractivity contribution in [2.45, 2.75) is 33.1 Å². The van der Waals surface area contributed by atoms with E-state index in [2.05, 4.69) is 28.7 Å². The summed E-state index contributed by atoms with van der Waals surface area (Å²) in [6, 6.07) is 0. The lowest BCUT2D eigenvalue weighted by molar-refractivity contribution is 0.203. The fraction of sp³-hybridized carbons (Fsp3) is 0.600. The second-order valence-electron chi connectivity index (χ2n) is 5.48. The van der Waals surface area contributed by atoms with Crippen LogP contribution in [0.3, 0.4) is 0 Å². The van der Waals surface area contributed by atoms with Crippen LogP contribution in [0.15, 0.2) is 6.33 Å². The van der Waals surface area contributed by atoms with Crippen LogP contribution >= 0.6 is 11.3 Å². The van der Waals surface area contributed by atoms with Crippen molar-refractivity contribution in [1.29, 1.82) is 0 Å². The average molecular weight is 291 g/mol. The smallest absolute Gasteiger partial charge is 0.141 e. The van der Waals surface area contributed by atoms with Gasteiger partial charge in [-0.1, -0.05) is 6.92 Å². The lowest BCUT2D eigenvalue weighted by Crippen LogP contribution is -2.35.